The zero-order valence-corrected chi connectivity index (χ0v) is 23.4. The summed E-state index contributed by atoms with van der Waals surface area (Å²) in [5.41, 5.74) is 4.12. The van der Waals surface area contributed by atoms with E-state index in [1.807, 2.05) is 53.1 Å². The summed E-state index contributed by atoms with van der Waals surface area (Å²) in [6, 6.07) is 25.4. The van der Waals surface area contributed by atoms with Crippen LogP contribution < -0.4 is 5.49 Å². The summed E-state index contributed by atoms with van der Waals surface area (Å²) in [5.74, 6) is -1.14. The number of carbonyl (C=O) groups is 1. The summed E-state index contributed by atoms with van der Waals surface area (Å²) >= 11 is 6.15. The molecule has 5 atom stereocenters. The van der Waals surface area contributed by atoms with Crippen LogP contribution in [-0.2, 0) is 9.57 Å². The first-order valence-electron chi connectivity index (χ1n) is 13.5. The number of aromatic amines is 1. The number of hydrogen-bond acceptors (Lipinski definition) is 7. The number of carbonyl (C=O) groups excluding carboxylic acids is 1. The largest absolute Gasteiger partial charge is 0.453 e. The molecule has 0 radical (unpaired) electrons. The third kappa shape index (κ3) is 5.30. The van der Waals surface area contributed by atoms with Gasteiger partial charge >= 0.3 is 5.97 Å². The summed E-state index contributed by atoms with van der Waals surface area (Å²) in [4.78, 5) is 25.7. The van der Waals surface area contributed by atoms with Crippen molar-refractivity contribution in [2.24, 2.45) is 11.1 Å². The normalized spacial score (nSPS) is 21.4. The Labute approximate surface area is 246 Å². The highest BCUT2D eigenvalue weighted by molar-refractivity contribution is 6.30. The summed E-state index contributed by atoms with van der Waals surface area (Å²) in [6.45, 7) is 0. The minimum absolute atomic E-state index is 0.326. The van der Waals surface area contributed by atoms with Gasteiger partial charge in [-0.25, -0.2) is 9.78 Å². The molecule has 0 spiro atoms. The molecule has 10 heteroatoms. The van der Waals surface area contributed by atoms with Crippen molar-refractivity contribution < 1.29 is 24.6 Å². The Hall–Kier alpha value is -4.44. The second-order valence-corrected chi connectivity index (χ2v) is 10.7. The number of esters is 1. The molecule has 1 unspecified atom stereocenters. The van der Waals surface area contributed by atoms with E-state index >= 15 is 0 Å². The Morgan fingerprint density at radius 3 is 2.43 bits per heavy atom. The minimum Gasteiger partial charge on any atom is -0.453 e. The van der Waals surface area contributed by atoms with Crippen LogP contribution in [0.15, 0.2) is 103 Å². The number of halogens is 1. The average molecular weight is 585 g/mol. The number of aliphatic hydroxyl groups is 2. The van der Waals surface area contributed by atoms with Gasteiger partial charge in [0.1, 0.15) is 25.0 Å². The highest BCUT2D eigenvalue weighted by Gasteiger charge is 2.48. The molecular weight excluding hydrogens is 556 g/mol. The van der Waals surface area contributed by atoms with Crippen molar-refractivity contribution in [3.63, 3.8) is 0 Å². The van der Waals surface area contributed by atoms with Crippen molar-refractivity contribution in [1.82, 2.24) is 14.5 Å². The standard InChI is InChI=1S/C32H29ClN4O5/c1-41-36-30-24-15-16-37(31(24)35-18-34-30)26-17-25(27(38)28(26)39)29(21-11-13-23(33)14-12-21)42-32(40)22-9-7-20(8-10-22)19-5-3-2-4-6-19/h2-16,18,25-29,38-39H,17H2,1H3,(H,34,35,36)/t25-,26+,27+,28-,29?/m0/s1. The molecule has 0 amide bonds. The van der Waals surface area contributed by atoms with E-state index in [4.69, 9.17) is 21.2 Å². The Balaban J connectivity index is 1.30. The average Bonchev–Trinajstić information content (AvgIpc) is 3.58. The van der Waals surface area contributed by atoms with E-state index in [1.165, 1.54) is 13.4 Å². The van der Waals surface area contributed by atoms with E-state index in [-0.39, 0.29) is 0 Å². The van der Waals surface area contributed by atoms with Gasteiger partial charge in [-0.15, -0.1) is 0 Å². The molecule has 42 heavy (non-hydrogen) atoms. The van der Waals surface area contributed by atoms with Gasteiger partial charge in [0.25, 0.3) is 0 Å². The van der Waals surface area contributed by atoms with Gasteiger partial charge in [-0.3, -0.25) is 0 Å². The zero-order chi connectivity index (χ0) is 29.2. The van der Waals surface area contributed by atoms with Gasteiger partial charge in [0, 0.05) is 17.1 Å². The fourth-order valence-electron chi connectivity index (χ4n) is 5.73. The van der Waals surface area contributed by atoms with E-state index in [9.17, 15) is 15.0 Å². The number of nitrogens with one attached hydrogen (secondary N) is 1. The van der Waals surface area contributed by atoms with Gasteiger partial charge in [0.15, 0.2) is 0 Å². The van der Waals surface area contributed by atoms with Crippen molar-refractivity contribution in [3.8, 4) is 11.1 Å². The number of aromatic nitrogens is 3. The molecule has 3 N–H and O–H groups in total. The van der Waals surface area contributed by atoms with Crippen LogP contribution in [0.2, 0.25) is 5.02 Å². The first-order chi connectivity index (χ1) is 20.4. The van der Waals surface area contributed by atoms with E-state index in [2.05, 4.69) is 15.1 Å². The fourth-order valence-corrected chi connectivity index (χ4v) is 5.85. The maximum Gasteiger partial charge on any atom is 0.338 e. The molecule has 1 aliphatic rings. The van der Waals surface area contributed by atoms with Gasteiger partial charge in [-0.1, -0.05) is 71.4 Å². The molecule has 2 heterocycles. The number of rotatable bonds is 7. The van der Waals surface area contributed by atoms with Crippen LogP contribution in [-0.4, -0.2) is 50.0 Å². The minimum atomic E-state index is -1.17. The molecule has 0 aliphatic heterocycles. The lowest BCUT2D eigenvalue weighted by molar-refractivity contribution is -0.0391. The molecule has 1 fully saturated rings. The lowest BCUT2D eigenvalue weighted by Crippen LogP contribution is -2.32. The van der Waals surface area contributed by atoms with E-state index in [1.54, 1.807) is 42.6 Å². The lowest BCUT2D eigenvalue weighted by Gasteiger charge is -2.27. The molecule has 214 valence electrons. The maximum absolute atomic E-state index is 13.4. The smallest absolute Gasteiger partial charge is 0.338 e. The van der Waals surface area contributed by atoms with Gasteiger partial charge in [0.2, 0.25) is 5.49 Å². The topological polar surface area (TPSA) is 122 Å². The number of ether oxygens (including phenoxy) is 1. The quantitative estimate of drug-likeness (QED) is 0.182. The number of aliphatic hydroxyl groups excluding tert-OH is 2. The molecule has 0 bridgehead atoms. The van der Waals surface area contributed by atoms with Crippen LogP contribution in [0.5, 0.6) is 0 Å². The van der Waals surface area contributed by atoms with Crippen LogP contribution in [0.4, 0.5) is 0 Å². The van der Waals surface area contributed by atoms with Crippen molar-refractivity contribution in [1.29, 1.82) is 0 Å². The molecule has 3 aromatic carbocycles. The number of H-pyrrole nitrogens is 1. The number of hydrogen-bond donors (Lipinski definition) is 3. The Morgan fingerprint density at radius 2 is 1.71 bits per heavy atom. The number of fused-ring (bicyclic) bond motifs is 1. The first-order valence-corrected chi connectivity index (χ1v) is 13.9. The summed E-state index contributed by atoms with van der Waals surface area (Å²) in [5, 5.41) is 27.8. The van der Waals surface area contributed by atoms with Crippen LogP contribution in [0.3, 0.4) is 0 Å². The molecule has 1 aliphatic carbocycles. The zero-order valence-electron chi connectivity index (χ0n) is 22.7. The Kier molecular flexibility index (Phi) is 7.80. The molecule has 9 nitrogen and oxygen atoms in total. The SMILES string of the molecule is CO/N=c1\nc[nH]c2c1ccn2[C@@H]1C[C@H](C(OC(=O)c2ccc(-c3ccccc3)cc2)c2ccc(Cl)cc2)[C@@H](O)[C@H]1O. The van der Waals surface area contributed by atoms with Crippen molar-refractivity contribution in [3.05, 3.63) is 119 Å². The van der Waals surface area contributed by atoms with Crippen molar-refractivity contribution in [2.45, 2.75) is 30.8 Å². The second-order valence-electron chi connectivity index (χ2n) is 10.3. The van der Waals surface area contributed by atoms with Gasteiger partial charge in [0.05, 0.1) is 29.4 Å². The molecule has 1 saturated carbocycles. The third-order valence-corrected chi connectivity index (χ3v) is 8.08. The highest BCUT2D eigenvalue weighted by Crippen LogP contribution is 2.45. The van der Waals surface area contributed by atoms with E-state index < -0.39 is 36.2 Å². The second kappa shape index (κ2) is 11.8. The van der Waals surface area contributed by atoms with Crippen LogP contribution >= 0.6 is 11.6 Å². The lowest BCUT2D eigenvalue weighted by atomic mass is 9.92. The predicted molar refractivity (Wildman–Crippen MR) is 157 cm³/mol. The van der Waals surface area contributed by atoms with Gasteiger partial charge in [-0.2, -0.15) is 0 Å². The molecule has 0 saturated heterocycles. The predicted octanol–water partition coefficient (Wildman–Crippen LogP) is 5.03. The Bertz CT molecular complexity index is 1750. The Morgan fingerprint density at radius 1 is 1.00 bits per heavy atom. The number of nitrogens with zero attached hydrogens (tertiary/aromatic N) is 3. The van der Waals surface area contributed by atoms with Crippen LogP contribution in [0.1, 0.15) is 34.5 Å². The van der Waals surface area contributed by atoms with Gasteiger partial charge in [-0.05, 0) is 53.4 Å². The molecule has 2 aromatic heterocycles. The van der Waals surface area contributed by atoms with Crippen molar-refractivity contribution >= 4 is 28.6 Å². The number of benzene rings is 3. The summed E-state index contributed by atoms with van der Waals surface area (Å²) in [6.07, 6.45) is 0.475. The highest BCUT2D eigenvalue weighted by atomic mass is 35.5. The van der Waals surface area contributed by atoms with E-state index in [0.29, 0.717) is 39.1 Å². The van der Waals surface area contributed by atoms with Crippen LogP contribution in [0.25, 0.3) is 22.2 Å². The van der Waals surface area contributed by atoms with Crippen LogP contribution in [0, 0.1) is 5.92 Å². The molecular formula is C32H29ClN4O5. The first kappa shape index (κ1) is 27.7. The summed E-state index contributed by atoms with van der Waals surface area (Å²) < 4.78 is 7.95. The van der Waals surface area contributed by atoms with E-state index in [0.717, 1.165) is 11.1 Å². The molecule has 6 rings (SSSR count). The monoisotopic (exact) mass is 584 g/mol. The third-order valence-electron chi connectivity index (χ3n) is 7.82. The fraction of sp³-hybridized carbons (Fsp3) is 0.219. The molecule has 5 aromatic rings. The summed E-state index contributed by atoms with van der Waals surface area (Å²) in [7, 11) is 1.44. The van der Waals surface area contributed by atoms with Crippen molar-refractivity contribution in [2.75, 3.05) is 7.11 Å². The van der Waals surface area contributed by atoms with Gasteiger partial charge < -0.3 is 29.3 Å². The maximum atomic E-state index is 13.4.